The smallest absolute Gasteiger partial charge is 0.139 e. The standard InChI is InChI=1S/C16H22N2OS/c1-11(2)15-9-13(17-19-15)14-5-4-7-18(14)10-16-12(3)6-8-20-16/h6,8-9,11,14H,4-5,7,10H2,1-3H3/t14-/m0/s1. The number of thiophene rings is 1. The molecule has 0 amide bonds. The maximum absolute atomic E-state index is 5.47. The highest BCUT2D eigenvalue weighted by Crippen LogP contribution is 2.34. The maximum atomic E-state index is 5.47. The van der Waals surface area contributed by atoms with Crippen LogP contribution in [0.2, 0.25) is 0 Å². The van der Waals surface area contributed by atoms with Crippen LogP contribution >= 0.6 is 11.3 Å². The molecular weight excluding hydrogens is 268 g/mol. The predicted molar refractivity (Wildman–Crippen MR) is 82.0 cm³/mol. The Kier molecular flexibility index (Phi) is 3.94. The van der Waals surface area contributed by atoms with E-state index in [2.05, 4.69) is 48.3 Å². The van der Waals surface area contributed by atoms with Crippen molar-refractivity contribution >= 4 is 11.3 Å². The lowest BCUT2D eigenvalue weighted by Crippen LogP contribution is -2.22. The lowest BCUT2D eigenvalue weighted by atomic mass is 10.1. The first-order chi connectivity index (χ1) is 9.65. The quantitative estimate of drug-likeness (QED) is 0.830. The van der Waals surface area contributed by atoms with Crippen molar-refractivity contribution in [2.45, 2.75) is 52.1 Å². The van der Waals surface area contributed by atoms with E-state index in [0.29, 0.717) is 12.0 Å². The Balaban J connectivity index is 1.76. The van der Waals surface area contributed by atoms with Gasteiger partial charge in [0.1, 0.15) is 11.5 Å². The van der Waals surface area contributed by atoms with Crippen LogP contribution in [0, 0.1) is 6.92 Å². The normalized spacial score (nSPS) is 20.1. The molecule has 3 nitrogen and oxygen atoms in total. The van der Waals surface area contributed by atoms with Crippen molar-refractivity contribution in [3.63, 3.8) is 0 Å². The largest absolute Gasteiger partial charge is 0.361 e. The average Bonchev–Trinajstić information content (AvgIpc) is 3.11. The third-order valence-electron chi connectivity index (χ3n) is 4.14. The fraction of sp³-hybridized carbons (Fsp3) is 0.562. The first-order valence-electron chi connectivity index (χ1n) is 7.38. The topological polar surface area (TPSA) is 29.3 Å². The first-order valence-corrected chi connectivity index (χ1v) is 8.26. The van der Waals surface area contributed by atoms with Gasteiger partial charge in [-0.25, -0.2) is 0 Å². The van der Waals surface area contributed by atoms with Crippen molar-refractivity contribution in [1.29, 1.82) is 0 Å². The van der Waals surface area contributed by atoms with Gasteiger partial charge in [0, 0.05) is 23.4 Å². The molecule has 1 aliphatic rings. The summed E-state index contributed by atoms with van der Waals surface area (Å²) in [6.07, 6.45) is 2.44. The highest BCUT2D eigenvalue weighted by molar-refractivity contribution is 7.10. The summed E-state index contributed by atoms with van der Waals surface area (Å²) in [4.78, 5) is 4.02. The summed E-state index contributed by atoms with van der Waals surface area (Å²) >= 11 is 1.86. The van der Waals surface area contributed by atoms with Gasteiger partial charge in [-0.2, -0.15) is 0 Å². The minimum absolute atomic E-state index is 0.408. The lowest BCUT2D eigenvalue weighted by Gasteiger charge is -2.22. The zero-order valence-electron chi connectivity index (χ0n) is 12.4. The number of hydrogen-bond donors (Lipinski definition) is 0. The highest BCUT2D eigenvalue weighted by Gasteiger charge is 2.29. The molecule has 108 valence electrons. The fourth-order valence-electron chi connectivity index (χ4n) is 2.83. The Morgan fingerprint density at radius 3 is 3.00 bits per heavy atom. The molecule has 20 heavy (non-hydrogen) atoms. The van der Waals surface area contributed by atoms with Gasteiger partial charge in [-0.15, -0.1) is 11.3 Å². The Labute approximate surface area is 124 Å². The van der Waals surface area contributed by atoms with E-state index in [1.165, 1.54) is 23.3 Å². The summed E-state index contributed by atoms with van der Waals surface area (Å²) in [6.45, 7) is 8.69. The zero-order chi connectivity index (χ0) is 14.1. The molecule has 3 rings (SSSR count). The third-order valence-corrected chi connectivity index (χ3v) is 5.14. The van der Waals surface area contributed by atoms with Crippen LogP contribution in [-0.4, -0.2) is 16.6 Å². The van der Waals surface area contributed by atoms with Crippen LogP contribution in [0.1, 0.15) is 60.5 Å². The van der Waals surface area contributed by atoms with Crippen molar-refractivity contribution in [2.24, 2.45) is 0 Å². The predicted octanol–water partition coefficient (Wildman–Crippen LogP) is 4.51. The van der Waals surface area contributed by atoms with Crippen molar-refractivity contribution in [3.8, 4) is 0 Å². The maximum Gasteiger partial charge on any atom is 0.139 e. The number of rotatable bonds is 4. The molecule has 1 saturated heterocycles. The molecule has 1 atom stereocenters. The van der Waals surface area contributed by atoms with Gasteiger partial charge in [-0.1, -0.05) is 19.0 Å². The monoisotopic (exact) mass is 290 g/mol. The molecule has 0 unspecified atom stereocenters. The number of nitrogens with zero attached hydrogens (tertiary/aromatic N) is 2. The highest BCUT2D eigenvalue weighted by atomic mass is 32.1. The molecule has 0 saturated carbocycles. The molecule has 0 bridgehead atoms. The van der Waals surface area contributed by atoms with E-state index in [-0.39, 0.29) is 0 Å². The fourth-order valence-corrected chi connectivity index (χ4v) is 3.76. The molecule has 3 heterocycles. The average molecular weight is 290 g/mol. The van der Waals surface area contributed by atoms with Crippen LogP contribution in [0.4, 0.5) is 0 Å². The van der Waals surface area contributed by atoms with E-state index in [4.69, 9.17) is 4.52 Å². The molecule has 1 fully saturated rings. The second-order valence-electron chi connectivity index (χ2n) is 5.96. The summed E-state index contributed by atoms with van der Waals surface area (Å²) in [5.41, 5.74) is 2.52. The Morgan fingerprint density at radius 1 is 1.50 bits per heavy atom. The minimum Gasteiger partial charge on any atom is -0.361 e. The Hall–Kier alpha value is -1.13. The number of aromatic nitrogens is 1. The SMILES string of the molecule is Cc1ccsc1CN1CCC[C@H]1c1cc(C(C)C)on1. The van der Waals surface area contributed by atoms with Gasteiger partial charge in [0.15, 0.2) is 0 Å². The van der Waals surface area contributed by atoms with E-state index >= 15 is 0 Å². The number of likely N-dealkylation sites (tertiary alicyclic amines) is 1. The van der Waals surface area contributed by atoms with E-state index in [1.807, 2.05) is 11.3 Å². The molecular formula is C16H22N2OS. The Bertz CT molecular complexity index is 573. The summed E-state index contributed by atoms with van der Waals surface area (Å²) in [6, 6.07) is 4.78. The van der Waals surface area contributed by atoms with Crippen LogP contribution in [0.15, 0.2) is 22.0 Å². The molecule has 1 aliphatic heterocycles. The summed E-state index contributed by atoms with van der Waals surface area (Å²) in [7, 11) is 0. The number of hydrogen-bond acceptors (Lipinski definition) is 4. The second-order valence-corrected chi connectivity index (χ2v) is 6.96. The van der Waals surface area contributed by atoms with E-state index in [9.17, 15) is 0 Å². The summed E-state index contributed by atoms with van der Waals surface area (Å²) in [5.74, 6) is 1.41. The van der Waals surface area contributed by atoms with Crippen molar-refractivity contribution < 1.29 is 4.52 Å². The molecule has 0 N–H and O–H groups in total. The van der Waals surface area contributed by atoms with Gasteiger partial charge in [-0.3, -0.25) is 4.90 Å². The van der Waals surface area contributed by atoms with Crippen LogP contribution in [0.5, 0.6) is 0 Å². The van der Waals surface area contributed by atoms with Gasteiger partial charge in [0.05, 0.1) is 6.04 Å². The molecule has 0 aliphatic carbocycles. The van der Waals surface area contributed by atoms with Crippen LogP contribution < -0.4 is 0 Å². The Morgan fingerprint density at radius 2 is 2.35 bits per heavy atom. The molecule has 2 aromatic heterocycles. The van der Waals surface area contributed by atoms with Gasteiger partial charge < -0.3 is 4.52 Å². The molecule has 2 aromatic rings. The van der Waals surface area contributed by atoms with Crippen molar-refractivity contribution in [2.75, 3.05) is 6.54 Å². The van der Waals surface area contributed by atoms with E-state index in [1.54, 1.807) is 0 Å². The van der Waals surface area contributed by atoms with Crippen LogP contribution in [0.25, 0.3) is 0 Å². The van der Waals surface area contributed by atoms with Gasteiger partial charge in [0.2, 0.25) is 0 Å². The van der Waals surface area contributed by atoms with E-state index in [0.717, 1.165) is 24.5 Å². The zero-order valence-corrected chi connectivity index (χ0v) is 13.2. The van der Waals surface area contributed by atoms with Gasteiger partial charge >= 0.3 is 0 Å². The van der Waals surface area contributed by atoms with Gasteiger partial charge in [0.25, 0.3) is 0 Å². The molecule has 0 radical (unpaired) electrons. The molecule has 0 aromatic carbocycles. The van der Waals surface area contributed by atoms with Crippen LogP contribution in [-0.2, 0) is 6.54 Å². The van der Waals surface area contributed by atoms with Gasteiger partial charge in [-0.05, 0) is 43.3 Å². The lowest BCUT2D eigenvalue weighted by molar-refractivity contribution is 0.237. The molecule has 4 heteroatoms. The van der Waals surface area contributed by atoms with Crippen LogP contribution in [0.3, 0.4) is 0 Å². The van der Waals surface area contributed by atoms with Crippen molar-refractivity contribution in [1.82, 2.24) is 10.1 Å². The minimum atomic E-state index is 0.408. The first kappa shape index (κ1) is 13.8. The van der Waals surface area contributed by atoms with Crippen molar-refractivity contribution in [3.05, 3.63) is 39.4 Å². The summed E-state index contributed by atoms with van der Waals surface area (Å²) in [5, 5.41) is 6.49. The number of aryl methyl sites for hydroxylation is 1. The van der Waals surface area contributed by atoms with E-state index < -0.39 is 0 Å². The second kappa shape index (κ2) is 5.70. The third kappa shape index (κ3) is 2.67. The summed E-state index contributed by atoms with van der Waals surface area (Å²) < 4.78 is 5.47. The molecule has 0 spiro atoms.